The highest BCUT2D eigenvalue weighted by Crippen LogP contribution is 2.30. The fraction of sp³-hybridized carbons (Fsp3) is 0.667. The summed E-state index contributed by atoms with van der Waals surface area (Å²) in [4.78, 5) is 7.18. The minimum absolute atomic E-state index is 0.525. The summed E-state index contributed by atoms with van der Waals surface area (Å²) in [6.07, 6.45) is 9.87. The number of pyridine rings is 1. The van der Waals surface area contributed by atoms with Gasteiger partial charge in [0.2, 0.25) is 0 Å². The maximum atomic E-state index is 4.67. The lowest BCUT2D eigenvalue weighted by atomic mass is 10.1. The summed E-state index contributed by atoms with van der Waals surface area (Å²) in [6.45, 7) is 3.51. The largest absolute Gasteiger partial charge is 0.356 e. The Morgan fingerprint density at radius 3 is 2.67 bits per heavy atom. The molecule has 0 aromatic carbocycles. The van der Waals surface area contributed by atoms with E-state index < -0.39 is 0 Å². The fourth-order valence-corrected chi connectivity index (χ4v) is 3.18. The van der Waals surface area contributed by atoms with Crippen LogP contribution in [-0.4, -0.2) is 24.6 Å². The van der Waals surface area contributed by atoms with Gasteiger partial charge in [-0.05, 0) is 38.3 Å². The lowest BCUT2D eigenvalue weighted by molar-refractivity contribution is 0.637. The lowest BCUT2D eigenvalue weighted by Gasteiger charge is -2.26. The van der Waals surface area contributed by atoms with Crippen LogP contribution in [0.3, 0.4) is 0 Å². The minimum atomic E-state index is 0.525. The van der Waals surface area contributed by atoms with Gasteiger partial charge in [-0.3, -0.25) is 0 Å². The van der Waals surface area contributed by atoms with Gasteiger partial charge in [0.05, 0.1) is 0 Å². The van der Waals surface area contributed by atoms with Gasteiger partial charge < -0.3 is 10.2 Å². The highest BCUT2D eigenvalue weighted by Gasteiger charge is 2.22. The molecule has 3 heteroatoms. The van der Waals surface area contributed by atoms with E-state index in [1.54, 1.807) is 0 Å². The van der Waals surface area contributed by atoms with Gasteiger partial charge in [-0.25, -0.2) is 4.98 Å². The van der Waals surface area contributed by atoms with Crippen molar-refractivity contribution in [2.24, 2.45) is 0 Å². The molecule has 2 aliphatic heterocycles. The lowest BCUT2D eigenvalue weighted by Crippen LogP contribution is -2.27. The molecule has 0 radical (unpaired) electrons. The van der Waals surface area contributed by atoms with E-state index in [0.717, 1.165) is 6.54 Å². The molecule has 2 aliphatic rings. The average molecular weight is 245 g/mol. The smallest absolute Gasteiger partial charge is 0.133 e. The second-order valence-electron chi connectivity index (χ2n) is 5.47. The van der Waals surface area contributed by atoms with Crippen LogP contribution in [0, 0.1) is 0 Å². The molecular formula is C15H23N3. The van der Waals surface area contributed by atoms with Gasteiger partial charge in [0.25, 0.3) is 0 Å². The van der Waals surface area contributed by atoms with Crippen molar-refractivity contribution in [1.29, 1.82) is 0 Å². The molecule has 1 aromatic heterocycles. The Hall–Kier alpha value is -1.09. The van der Waals surface area contributed by atoms with Crippen molar-refractivity contribution in [1.82, 2.24) is 10.3 Å². The SMILES string of the molecule is c1cnc(N2CCCCCC2)c(C2CCCN2)c1. The number of nitrogens with zero attached hydrogens (tertiary/aromatic N) is 2. The molecule has 2 saturated heterocycles. The van der Waals surface area contributed by atoms with E-state index in [0.29, 0.717) is 6.04 Å². The van der Waals surface area contributed by atoms with Crippen LogP contribution in [0.15, 0.2) is 18.3 Å². The van der Waals surface area contributed by atoms with E-state index in [2.05, 4.69) is 27.3 Å². The van der Waals surface area contributed by atoms with Crippen LogP contribution in [0.2, 0.25) is 0 Å². The summed E-state index contributed by atoms with van der Waals surface area (Å²) in [5.74, 6) is 1.24. The van der Waals surface area contributed by atoms with Gasteiger partial charge >= 0.3 is 0 Å². The van der Waals surface area contributed by atoms with Crippen molar-refractivity contribution in [3.63, 3.8) is 0 Å². The second-order valence-corrected chi connectivity index (χ2v) is 5.47. The maximum absolute atomic E-state index is 4.67. The minimum Gasteiger partial charge on any atom is -0.356 e. The topological polar surface area (TPSA) is 28.2 Å². The molecule has 3 heterocycles. The summed E-state index contributed by atoms with van der Waals surface area (Å²) in [5.41, 5.74) is 1.41. The van der Waals surface area contributed by atoms with Gasteiger partial charge in [-0.1, -0.05) is 18.9 Å². The molecule has 2 fully saturated rings. The zero-order valence-corrected chi connectivity index (χ0v) is 11.1. The Labute approximate surface area is 110 Å². The molecule has 1 unspecified atom stereocenters. The first kappa shape index (κ1) is 12.0. The zero-order valence-electron chi connectivity index (χ0n) is 11.1. The predicted molar refractivity (Wildman–Crippen MR) is 74.9 cm³/mol. The van der Waals surface area contributed by atoms with Crippen molar-refractivity contribution in [2.45, 2.75) is 44.6 Å². The van der Waals surface area contributed by atoms with Crippen LogP contribution in [0.5, 0.6) is 0 Å². The quantitative estimate of drug-likeness (QED) is 0.868. The molecule has 1 aromatic rings. The van der Waals surface area contributed by atoms with E-state index in [9.17, 15) is 0 Å². The molecule has 3 nitrogen and oxygen atoms in total. The molecule has 1 atom stereocenters. The van der Waals surface area contributed by atoms with Crippen molar-refractivity contribution in [2.75, 3.05) is 24.5 Å². The first-order valence-corrected chi connectivity index (χ1v) is 7.38. The van der Waals surface area contributed by atoms with Crippen molar-refractivity contribution in [3.8, 4) is 0 Å². The van der Waals surface area contributed by atoms with Crippen LogP contribution >= 0.6 is 0 Å². The summed E-state index contributed by atoms with van der Waals surface area (Å²) >= 11 is 0. The number of anilines is 1. The van der Waals surface area contributed by atoms with E-state index in [-0.39, 0.29) is 0 Å². The fourth-order valence-electron chi connectivity index (χ4n) is 3.18. The summed E-state index contributed by atoms with van der Waals surface area (Å²) < 4.78 is 0. The van der Waals surface area contributed by atoms with Gasteiger partial charge in [0.15, 0.2) is 0 Å². The van der Waals surface area contributed by atoms with Gasteiger partial charge in [0, 0.05) is 30.9 Å². The van der Waals surface area contributed by atoms with Crippen LogP contribution in [-0.2, 0) is 0 Å². The van der Waals surface area contributed by atoms with E-state index in [1.165, 1.54) is 63.0 Å². The maximum Gasteiger partial charge on any atom is 0.133 e. The van der Waals surface area contributed by atoms with Crippen LogP contribution in [0.1, 0.15) is 50.1 Å². The van der Waals surface area contributed by atoms with Gasteiger partial charge in [-0.15, -0.1) is 0 Å². The Morgan fingerprint density at radius 1 is 1.11 bits per heavy atom. The van der Waals surface area contributed by atoms with Crippen molar-refractivity contribution >= 4 is 5.82 Å². The Morgan fingerprint density at radius 2 is 1.94 bits per heavy atom. The first-order chi connectivity index (χ1) is 8.95. The van der Waals surface area contributed by atoms with Gasteiger partial charge in [-0.2, -0.15) is 0 Å². The van der Waals surface area contributed by atoms with Gasteiger partial charge in [0.1, 0.15) is 5.82 Å². The Bertz CT molecular complexity index is 377. The van der Waals surface area contributed by atoms with E-state index in [1.807, 2.05) is 6.20 Å². The van der Waals surface area contributed by atoms with Crippen molar-refractivity contribution in [3.05, 3.63) is 23.9 Å². The molecule has 18 heavy (non-hydrogen) atoms. The first-order valence-electron chi connectivity index (χ1n) is 7.38. The summed E-state index contributed by atoms with van der Waals surface area (Å²) in [5, 5.41) is 3.60. The summed E-state index contributed by atoms with van der Waals surface area (Å²) in [7, 11) is 0. The molecular weight excluding hydrogens is 222 g/mol. The Balaban J connectivity index is 1.85. The van der Waals surface area contributed by atoms with Crippen LogP contribution in [0.25, 0.3) is 0 Å². The number of hydrogen-bond acceptors (Lipinski definition) is 3. The third kappa shape index (κ3) is 2.51. The molecule has 0 bridgehead atoms. The zero-order chi connectivity index (χ0) is 12.2. The number of aromatic nitrogens is 1. The summed E-state index contributed by atoms with van der Waals surface area (Å²) in [6, 6.07) is 4.87. The monoisotopic (exact) mass is 245 g/mol. The molecule has 0 saturated carbocycles. The third-order valence-corrected chi connectivity index (χ3v) is 4.16. The van der Waals surface area contributed by atoms with E-state index in [4.69, 9.17) is 0 Å². The van der Waals surface area contributed by atoms with Crippen LogP contribution in [0.4, 0.5) is 5.82 Å². The molecule has 0 aliphatic carbocycles. The van der Waals surface area contributed by atoms with Crippen molar-refractivity contribution < 1.29 is 0 Å². The number of hydrogen-bond donors (Lipinski definition) is 1. The number of nitrogens with one attached hydrogen (secondary N) is 1. The average Bonchev–Trinajstić information content (AvgIpc) is 2.81. The van der Waals surface area contributed by atoms with E-state index >= 15 is 0 Å². The standard InChI is InChI=1S/C15H23N3/c1-2-4-12-18(11-3-1)15-13(7-5-10-17-15)14-8-6-9-16-14/h5,7,10,14,16H,1-4,6,8-9,11-12H2. The molecule has 0 amide bonds. The Kier molecular flexibility index (Phi) is 3.79. The highest BCUT2D eigenvalue weighted by atomic mass is 15.2. The number of rotatable bonds is 2. The second kappa shape index (κ2) is 5.70. The van der Waals surface area contributed by atoms with Crippen LogP contribution < -0.4 is 10.2 Å². The third-order valence-electron chi connectivity index (χ3n) is 4.16. The molecule has 3 rings (SSSR count). The predicted octanol–water partition coefficient (Wildman–Crippen LogP) is 2.89. The molecule has 98 valence electrons. The molecule has 0 spiro atoms. The molecule has 1 N–H and O–H groups in total. The normalized spacial score (nSPS) is 25.1. The highest BCUT2D eigenvalue weighted by molar-refractivity contribution is 5.48.